The molecule has 0 saturated carbocycles. The summed E-state index contributed by atoms with van der Waals surface area (Å²) in [6, 6.07) is 6.45. The van der Waals surface area contributed by atoms with Gasteiger partial charge in [-0.3, -0.25) is 10.1 Å². The molecule has 0 aliphatic heterocycles. The van der Waals surface area contributed by atoms with Gasteiger partial charge in [-0.1, -0.05) is 12.1 Å². The molecule has 4 heteroatoms. The highest BCUT2D eigenvalue weighted by atomic mass is 16.6. The van der Waals surface area contributed by atoms with Crippen molar-refractivity contribution >= 4 is 11.5 Å². The Bertz CT molecular complexity index is 357. The van der Waals surface area contributed by atoms with Gasteiger partial charge in [0.25, 0.3) is 5.69 Å². The largest absolute Gasteiger partial charge is 0.300 e. The predicted molar refractivity (Wildman–Crippen MR) is 56.7 cm³/mol. The molecule has 0 saturated heterocycles. The molecule has 15 heavy (non-hydrogen) atoms. The summed E-state index contributed by atoms with van der Waals surface area (Å²) in [5, 5.41) is 10.4. The van der Waals surface area contributed by atoms with E-state index in [0.29, 0.717) is 6.42 Å². The maximum atomic E-state index is 10.7. The average molecular weight is 207 g/mol. The zero-order chi connectivity index (χ0) is 11.3. The Hall–Kier alpha value is -1.71. The molecule has 0 atom stereocenters. The Balaban J connectivity index is 2.50. The second-order valence-electron chi connectivity index (χ2n) is 3.48. The molecule has 1 aromatic carbocycles. The normalized spacial score (nSPS) is 9.93. The standard InChI is InChI=1S/C11H13NO3/c1-9(13)3-2-4-10-5-7-11(8-6-10)12(14)15/h5-8H,2-4H2,1H3. The summed E-state index contributed by atoms with van der Waals surface area (Å²) in [6.07, 6.45) is 2.15. The molecule has 0 amide bonds. The van der Waals surface area contributed by atoms with Crippen LogP contribution in [0.25, 0.3) is 0 Å². The number of nitro groups is 1. The first-order chi connectivity index (χ1) is 7.09. The molecule has 4 nitrogen and oxygen atoms in total. The number of carbonyl (C=O) groups is 1. The Morgan fingerprint density at radius 1 is 1.33 bits per heavy atom. The van der Waals surface area contributed by atoms with Gasteiger partial charge in [-0.15, -0.1) is 0 Å². The third-order valence-electron chi connectivity index (χ3n) is 2.14. The monoisotopic (exact) mass is 207 g/mol. The second-order valence-corrected chi connectivity index (χ2v) is 3.48. The first-order valence-corrected chi connectivity index (χ1v) is 4.82. The van der Waals surface area contributed by atoms with Crippen molar-refractivity contribution in [2.75, 3.05) is 0 Å². The van der Waals surface area contributed by atoms with E-state index in [0.717, 1.165) is 18.4 Å². The predicted octanol–water partition coefficient (Wildman–Crippen LogP) is 2.51. The van der Waals surface area contributed by atoms with E-state index in [1.807, 2.05) is 0 Å². The average Bonchev–Trinajstić information content (AvgIpc) is 2.18. The molecule has 0 fully saturated rings. The number of Topliss-reactive ketones (excluding diaryl/α,β-unsaturated/α-hetero) is 1. The van der Waals surface area contributed by atoms with Crippen LogP contribution in [0.4, 0.5) is 5.69 Å². The van der Waals surface area contributed by atoms with Gasteiger partial charge < -0.3 is 4.79 Å². The molecule has 0 aliphatic rings. The number of aryl methyl sites for hydroxylation is 1. The summed E-state index contributed by atoms with van der Waals surface area (Å²) in [5.74, 6) is 0.178. The van der Waals surface area contributed by atoms with Gasteiger partial charge in [-0.05, 0) is 25.3 Å². The number of nitrogens with zero attached hydrogens (tertiary/aromatic N) is 1. The van der Waals surface area contributed by atoms with E-state index in [9.17, 15) is 14.9 Å². The summed E-state index contributed by atoms with van der Waals surface area (Å²) >= 11 is 0. The fourth-order valence-corrected chi connectivity index (χ4v) is 1.33. The minimum atomic E-state index is -0.417. The number of rotatable bonds is 5. The molecule has 0 bridgehead atoms. The fraction of sp³-hybridized carbons (Fsp3) is 0.364. The molecule has 1 aromatic rings. The minimum Gasteiger partial charge on any atom is -0.300 e. The Kier molecular flexibility index (Phi) is 3.97. The van der Waals surface area contributed by atoms with Crippen molar-refractivity contribution in [2.24, 2.45) is 0 Å². The zero-order valence-electron chi connectivity index (χ0n) is 8.60. The van der Waals surface area contributed by atoms with E-state index in [4.69, 9.17) is 0 Å². The molecule has 0 unspecified atom stereocenters. The van der Waals surface area contributed by atoms with Crippen molar-refractivity contribution in [3.63, 3.8) is 0 Å². The summed E-state index contributed by atoms with van der Waals surface area (Å²) in [7, 11) is 0. The summed E-state index contributed by atoms with van der Waals surface area (Å²) < 4.78 is 0. The van der Waals surface area contributed by atoms with Crippen LogP contribution in [0.2, 0.25) is 0 Å². The number of hydrogen-bond acceptors (Lipinski definition) is 3. The van der Waals surface area contributed by atoms with Crippen LogP contribution in [-0.2, 0) is 11.2 Å². The van der Waals surface area contributed by atoms with Gasteiger partial charge >= 0.3 is 0 Å². The van der Waals surface area contributed by atoms with Gasteiger partial charge in [0.1, 0.15) is 5.78 Å². The van der Waals surface area contributed by atoms with E-state index < -0.39 is 4.92 Å². The van der Waals surface area contributed by atoms with Gasteiger partial charge in [-0.2, -0.15) is 0 Å². The van der Waals surface area contributed by atoms with E-state index in [-0.39, 0.29) is 11.5 Å². The number of benzene rings is 1. The number of nitro benzene ring substituents is 1. The topological polar surface area (TPSA) is 60.2 Å². The zero-order valence-corrected chi connectivity index (χ0v) is 8.60. The molecule has 80 valence electrons. The number of hydrogen-bond donors (Lipinski definition) is 0. The van der Waals surface area contributed by atoms with Crippen molar-refractivity contribution in [3.8, 4) is 0 Å². The first kappa shape index (κ1) is 11.4. The lowest BCUT2D eigenvalue weighted by Crippen LogP contribution is -1.93. The van der Waals surface area contributed by atoms with Crippen LogP contribution in [0, 0.1) is 10.1 Å². The third-order valence-corrected chi connectivity index (χ3v) is 2.14. The van der Waals surface area contributed by atoms with Crippen LogP contribution < -0.4 is 0 Å². The Morgan fingerprint density at radius 3 is 2.40 bits per heavy atom. The number of carbonyl (C=O) groups excluding carboxylic acids is 1. The van der Waals surface area contributed by atoms with Crippen LogP contribution in [0.5, 0.6) is 0 Å². The van der Waals surface area contributed by atoms with Crippen molar-refractivity contribution in [1.29, 1.82) is 0 Å². The van der Waals surface area contributed by atoms with Gasteiger partial charge in [0.05, 0.1) is 4.92 Å². The van der Waals surface area contributed by atoms with Crippen molar-refractivity contribution in [3.05, 3.63) is 39.9 Å². The summed E-state index contributed by atoms with van der Waals surface area (Å²) in [4.78, 5) is 20.6. The van der Waals surface area contributed by atoms with Gasteiger partial charge in [-0.25, -0.2) is 0 Å². The summed E-state index contributed by atoms with van der Waals surface area (Å²) in [6.45, 7) is 1.57. The maximum Gasteiger partial charge on any atom is 0.269 e. The highest BCUT2D eigenvalue weighted by Crippen LogP contribution is 2.13. The van der Waals surface area contributed by atoms with Gasteiger partial charge in [0, 0.05) is 18.6 Å². The SMILES string of the molecule is CC(=O)CCCc1ccc([N+](=O)[O-])cc1. The van der Waals surface area contributed by atoms with Crippen LogP contribution in [0.15, 0.2) is 24.3 Å². The second kappa shape index (κ2) is 5.24. The van der Waals surface area contributed by atoms with Gasteiger partial charge in [0.15, 0.2) is 0 Å². The maximum absolute atomic E-state index is 10.7. The highest BCUT2D eigenvalue weighted by Gasteiger charge is 2.03. The Morgan fingerprint density at radius 2 is 1.93 bits per heavy atom. The highest BCUT2D eigenvalue weighted by molar-refractivity contribution is 5.75. The minimum absolute atomic E-state index is 0.102. The number of ketones is 1. The lowest BCUT2D eigenvalue weighted by Gasteiger charge is -1.99. The molecular weight excluding hydrogens is 194 g/mol. The van der Waals surface area contributed by atoms with E-state index in [1.54, 1.807) is 19.1 Å². The van der Waals surface area contributed by atoms with Crippen LogP contribution in [0.1, 0.15) is 25.3 Å². The summed E-state index contributed by atoms with van der Waals surface area (Å²) in [5.41, 5.74) is 1.13. The van der Waals surface area contributed by atoms with Crippen LogP contribution in [-0.4, -0.2) is 10.7 Å². The lowest BCUT2D eigenvalue weighted by atomic mass is 10.1. The molecule has 0 radical (unpaired) electrons. The Labute approximate surface area is 88.1 Å². The molecule has 0 N–H and O–H groups in total. The molecule has 1 rings (SSSR count). The number of non-ortho nitro benzene ring substituents is 1. The van der Waals surface area contributed by atoms with Gasteiger partial charge in [0.2, 0.25) is 0 Å². The van der Waals surface area contributed by atoms with Crippen molar-refractivity contribution < 1.29 is 9.72 Å². The molecule has 0 aliphatic carbocycles. The smallest absolute Gasteiger partial charge is 0.269 e. The van der Waals surface area contributed by atoms with Crippen molar-refractivity contribution in [1.82, 2.24) is 0 Å². The lowest BCUT2D eigenvalue weighted by molar-refractivity contribution is -0.384. The molecule has 0 aromatic heterocycles. The van der Waals surface area contributed by atoms with Crippen molar-refractivity contribution in [2.45, 2.75) is 26.2 Å². The molecule has 0 spiro atoms. The fourth-order valence-electron chi connectivity index (χ4n) is 1.33. The van der Waals surface area contributed by atoms with Crippen LogP contribution in [0.3, 0.4) is 0 Å². The van der Waals surface area contributed by atoms with E-state index in [1.165, 1.54) is 12.1 Å². The third kappa shape index (κ3) is 3.89. The van der Waals surface area contributed by atoms with Crippen LogP contribution >= 0.6 is 0 Å². The first-order valence-electron chi connectivity index (χ1n) is 4.82. The van der Waals surface area contributed by atoms with E-state index >= 15 is 0 Å². The molecule has 0 heterocycles. The molecular formula is C11H13NO3. The van der Waals surface area contributed by atoms with E-state index in [2.05, 4.69) is 0 Å². The quantitative estimate of drug-likeness (QED) is 0.550.